The molecule has 2 aliphatic rings. The summed E-state index contributed by atoms with van der Waals surface area (Å²) in [4.78, 5) is 11.0. The second-order valence-corrected chi connectivity index (χ2v) is 17.7. The van der Waals surface area contributed by atoms with Crippen LogP contribution in [0.4, 0.5) is 0 Å². The first-order valence-corrected chi connectivity index (χ1v) is 22.8. The summed E-state index contributed by atoms with van der Waals surface area (Å²) in [6.07, 6.45) is 5.51. The number of rotatable bonds is 6. The number of hydrogen-bond acceptors (Lipinski definition) is 2. The fourth-order valence-electron chi connectivity index (χ4n) is 11.0. The number of benzene rings is 9. The molecule has 9 aromatic carbocycles. The lowest BCUT2D eigenvalue weighted by Crippen LogP contribution is -2.10. The van der Waals surface area contributed by atoms with Gasteiger partial charge in [-0.2, -0.15) is 0 Å². The van der Waals surface area contributed by atoms with Crippen molar-refractivity contribution in [3.63, 3.8) is 0 Å². The molecule has 3 heterocycles. The monoisotopic (exact) mass is 840 g/mol. The van der Waals surface area contributed by atoms with E-state index in [9.17, 15) is 0 Å². The SMILES string of the molecule is C1=Cc2cccc3c2C(C1)c1c-3nc(-c2ccccc2)nc1-n1c2ccc(-c3ccccc3)cc2c2cc(-c3ccc4c(c3)c3cc(-c5ccccc5)ccc3n4-c3ccccc3)ccc21. The summed E-state index contributed by atoms with van der Waals surface area (Å²) in [5.41, 5.74) is 20.0. The van der Waals surface area contributed by atoms with E-state index in [1.807, 2.05) is 0 Å². The molecule has 3 aromatic heterocycles. The average molecular weight is 841 g/mol. The zero-order valence-corrected chi connectivity index (χ0v) is 35.9. The minimum atomic E-state index is 0.165. The highest BCUT2D eigenvalue weighted by molar-refractivity contribution is 6.14. The summed E-state index contributed by atoms with van der Waals surface area (Å²) in [7, 11) is 0. The van der Waals surface area contributed by atoms with Crippen molar-refractivity contribution < 1.29 is 0 Å². The molecular formula is C62H40N4. The van der Waals surface area contributed by atoms with Gasteiger partial charge in [-0.15, -0.1) is 0 Å². The molecule has 14 rings (SSSR count). The van der Waals surface area contributed by atoms with E-state index in [4.69, 9.17) is 9.97 Å². The number of nitrogens with zero attached hydrogens (tertiary/aromatic N) is 4. The van der Waals surface area contributed by atoms with Gasteiger partial charge in [0.15, 0.2) is 5.82 Å². The topological polar surface area (TPSA) is 35.6 Å². The molecule has 308 valence electrons. The van der Waals surface area contributed by atoms with E-state index in [2.05, 4.69) is 234 Å². The van der Waals surface area contributed by atoms with Crippen molar-refractivity contribution in [1.82, 2.24) is 19.1 Å². The predicted octanol–water partition coefficient (Wildman–Crippen LogP) is 15.9. The summed E-state index contributed by atoms with van der Waals surface area (Å²) in [5.74, 6) is 1.85. The van der Waals surface area contributed by atoms with Gasteiger partial charge in [0.25, 0.3) is 0 Å². The van der Waals surface area contributed by atoms with Crippen molar-refractivity contribution in [3.05, 3.63) is 235 Å². The fourth-order valence-corrected chi connectivity index (χ4v) is 11.0. The van der Waals surface area contributed by atoms with Gasteiger partial charge in [-0.05, 0) is 112 Å². The van der Waals surface area contributed by atoms with Crippen LogP contribution in [-0.2, 0) is 0 Å². The van der Waals surface area contributed by atoms with Crippen molar-refractivity contribution in [2.75, 3.05) is 0 Å². The smallest absolute Gasteiger partial charge is 0.162 e. The largest absolute Gasteiger partial charge is 0.309 e. The Hall–Kier alpha value is -8.60. The molecule has 4 heteroatoms. The Bertz CT molecular complexity index is 3940. The molecule has 2 aliphatic carbocycles. The number of aromatic nitrogens is 4. The lowest BCUT2D eigenvalue weighted by atomic mass is 9.86. The molecule has 0 saturated heterocycles. The van der Waals surface area contributed by atoms with E-state index < -0.39 is 0 Å². The van der Waals surface area contributed by atoms with Gasteiger partial charge in [0.1, 0.15) is 5.82 Å². The van der Waals surface area contributed by atoms with Gasteiger partial charge in [-0.25, -0.2) is 9.97 Å². The summed E-state index contributed by atoms with van der Waals surface area (Å²) in [6.45, 7) is 0. The van der Waals surface area contributed by atoms with Crippen LogP contribution < -0.4 is 0 Å². The molecular weight excluding hydrogens is 801 g/mol. The van der Waals surface area contributed by atoms with Crippen LogP contribution in [0.25, 0.3) is 117 Å². The maximum Gasteiger partial charge on any atom is 0.162 e. The summed E-state index contributed by atoms with van der Waals surface area (Å²) < 4.78 is 4.83. The van der Waals surface area contributed by atoms with Crippen LogP contribution in [0.2, 0.25) is 0 Å². The Labute approximate surface area is 382 Å². The lowest BCUT2D eigenvalue weighted by molar-refractivity contribution is 0.821. The van der Waals surface area contributed by atoms with E-state index in [1.165, 1.54) is 88.2 Å². The third kappa shape index (κ3) is 5.58. The third-order valence-electron chi connectivity index (χ3n) is 14.0. The maximum atomic E-state index is 5.60. The van der Waals surface area contributed by atoms with Crippen LogP contribution in [0.1, 0.15) is 29.0 Å². The van der Waals surface area contributed by atoms with Crippen LogP contribution in [0, 0.1) is 0 Å². The van der Waals surface area contributed by atoms with E-state index >= 15 is 0 Å². The summed E-state index contributed by atoms with van der Waals surface area (Å²) >= 11 is 0. The van der Waals surface area contributed by atoms with Gasteiger partial charge in [0, 0.05) is 49.8 Å². The van der Waals surface area contributed by atoms with Crippen LogP contribution >= 0.6 is 0 Å². The Morgan fingerprint density at radius 2 is 0.848 bits per heavy atom. The number of para-hydroxylation sites is 1. The molecule has 66 heavy (non-hydrogen) atoms. The third-order valence-corrected chi connectivity index (χ3v) is 14.0. The first-order chi connectivity index (χ1) is 32.7. The Morgan fingerprint density at radius 1 is 0.379 bits per heavy atom. The van der Waals surface area contributed by atoms with Gasteiger partial charge >= 0.3 is 0 Å². The van der Waals surface area contributed by atoms with E-state index in [0.717, 1.165) is 46.0 Å². The first kappa shape index (κ1) is 36.8. The van der Waals surface area contributed by atoms with Crippen molar-refractivity contribution >= 4 is 49.7 Å². The van der Waals surface area contributed by atoms with Gasteiger partial charge in [-0.3, -0.25) is 4.57 Å². The van der Waals surface area contributed by atoms with Crippen molar-refractivity contribution in [3.8, 4) is 67.5 Å². The van der Waals surface area contributed by atoms with E-state index in [0.29, 0.717) is 0 Å². The lowest BCUT2D eigenvalue weighted by Gasteiger charge is -2.21. The molecule has 0 amide bonds. The van der Waals surface area contributed by atoms with Crippen LogP contribution in [0.5, 0.6) is 0 Å². The molecule has 0 radical (unpaired) electrons. The van der Waals surface area contributed by atoms with Gasteiger partial charge < -0.3 is 4.57 Å². The molecule has 0 saturated carbocycles. The second kappa shape index (κ2) is 14.5. The minimum Gasteiger partial charge on any atom is -0.309 e. The zero-order chi connectivity index (χ0) is 43.3. The molecule has 0 spiro atoms. The average Bonchev–Trinajstić information content (AvgIpc) is 4.02. The molecule has 0 bridgehead atoms. The van der Waals surface area contributed by atoms with E-state index in [1.54, 1.807) is 0 Å². The molecule has 12 aromatic rings. The predicted molar refractivity (Wildman–Crippen MR) is 273 cm³/mol. The van der Waals surface area contributed by atoms with Crippen molar-refractivity contribution in [2.24, 2.45) is 0 Å². The second-order valence-electron chi connectivity index (χ2n) is 17.7. The maximum absolute atomic E-state index is 5.60. The summed E-state index contributed by atoms with van der Waals surface area (Å²) in [5, 5.41) is 4.84. The molecule has 0 aliphatic heterocycles. The Morgan fingerprint density at radius 3 is 1.38 bits per heavy atom. The summed E-state index contributed by atoms with van der Waals surface area (Å²) in [6, 6.07) is 77.1. The molecule has 4 nitrogen and oxygen atoms in total. The first-order valence-electron chi connectivity index (χ1n) is 22.8. The molecule has 1 unspecified atom stereocenters. The van der Waals surface area contributed by atoms with E-state index in [-0.39, 0.29) is 5.92 Å². The Kier molecular flexibility index (Phi) is 8.07. The van der Waals surface area contributed by atoms with Crippen molar-refractivity contribution in [2.45, 2.75) is 12.3 Å². The normalized spacial score (nSPS) is 13.8. The molecule has 1 atom stereocenters. The van der Waals surface area contributed by atoms with Crippen molar-refractivity contribution in [1.29, 1.82) is 0 Å². The van der Waals surface area contributed by atoms with Crippen LogP contribution in [-0.4, -0.2) is 19.1 Å². The number of hydrogen-bond donors (Lipinski definition) is 0. The minimum absolute atomic E-state index is 0.165. The molecule has 0 N–H and O–H groups in total. The fraction of sp³-hybridized carbons (Fsp3) is 0.0323. The zero-order valence-electron chi connectivity index (χ0n) is 35.9. The van der Waals surface area contributed by atoms with Crippen LogP contribution in [0.15, 0.2) is 218 Å². The van der Waals surface area contributed by atoms with Gasteiger partial charge in [0.05, 0.1) is 27.8 Å². The Balaban J connectivity index is 1.02. The highest BCUT2D eigenvalue weighted by Gasteiger charge is 2.37. The number of fused-ring (bicyclic) bond motifs is 9. The molecule has 0 fully saturated rings. The van der Waals surface area contributed by atoms with Crippen LogP contribution in [0.3, 0.4) is 0 Å². The standard InChI is InChI=1S/C62H40N4/c1-5-15-39(16-6-1)43-27-31-54-50(35-43)51-37-45(29-32-55(51)65(54)47-23-11-4-12-24-47)46-30-34-57-53(38-46)52-36-44(40-17-7-2-8-18-40)28-33-56(52)66(57)62-59-48-25-13-21-41-22-14-26-49(58(41)48)60(59)63-61(64-62)42-19-9-3-10-20-42/h1-24,26-38,48H,25H2. The quantitative estimate of drug-likeness (QED) is 0.167. The number of allylic oxidation sites excluding steroid dienone is 1. The van der Waals surface area contributed by atoms with Gasteiger partial charge in [0.2, 0.25) is 0 Å². The highest BCUT2D eigenvalue weighted by atomic mass is 15.1. The highest BCUT2D eigenvalue weighted by Crippen LogP contribution is 2.52. The van der Waals surface area contributed by atoms with Gasteiger partial charge in [-0.1, -0.05) is 164 Å².